The Kier molecular flexibility index (Phi) is 5.63. The van der Waals surface area contributed by atoms with Gasteiger partial charge in [0.25, 0.3) is 11.5 Å². The van der Waals surface area contributed by atoms with Crippen LogP contribution in [0.4, 0.5) is 5.69 Å². The van der Waals surface area contributed by atoms with E-state index in [1.165, 1.54) is 4.68 Å². The van der Waals surface area contributed by atoms with Crippen LogP contribution in [0.5, 0.6) is 5.75 Å². The number of aliphatic hydroxyl groups excluding tert-OH is 1. The molecule has 0 aliphatic heterocycles. The van der Waals surface area contributed by atoms with Gasteiger partial charge in [0.2, 0.25) is 0 Å². The molecule has 2 aromatic heterocycles. The summed E-state index contributed by atoms with van der Waals surface area (Å²) in [6.45, 7) is 5.68. The fraction of sp³-hybridized carbons (Fsp3) is 0.250. The summed E-state index contributed by atoms with van der Waals surface area (Å²) in [5, 5.41) is 18.1. The van der Waals surface area contributed by atoms with Crippen LogP contribution in [0.1, 0.15) is 19.4 Å². The van der Waals surface area contributed by atoms with Crippen LogP contribution in [0.3, 0.4) is 0 Å². The topological polar surface area (TPSA) is 102 Å². The zero-order chi connectivity index (χ0) is 22.9. The summed E-state index contributed by atoms with van der Waals surface area (Å²) in [5.74, 6) is 0.991. The molecule has 0 amide bonds. The molecule has 164 valence electrons. The standard InChI is InChI=1S/C24H25N5O3/c1-15-19(6-5-7-21(15)32-4)16-8-9-20-17(10-16)11-27-29(22(20)31)23-25-12-18(13-26-23)28-24(2,3)14-30/h5-13,28,30H,14H2,1-4H3. The number of hydrogen-bond donors (Lipinski definition) is 2. The molecule has 2 N–H and O–H groups in total. The van der Waals surface area contributed by atoms with Crippen molar-refractivity contribution in [3.63, 3.8) is 0 Å². The predicted octanol–water partition coefficient (Wildman–Crippen LogP) is 3.34. The highest BCUT2D eigenvalue weighted by atomic mass is 16.5. The average molecular weight is 431 g/mol. The lowest BCUT2D eigenvalue weighted by atomic mass is 9.98. The molecule has 0 fully saturated rings. The van der Waals surface area contributed by atoms with Crippen LogP contribution in [0, 0.1) is 6.92 Å². The normalized spacial score (nSPS) is 11.5. The van der Waals surface area contributed by atoms with E-state index in [1.54, 1.807) is 31.8 Å². The van der Waals surface area contributed by atoms with Crippen molar-refractivity contribution in [2.24, 2.45) is 0 Å². The van der Waals surface area contributed by atoms with Crippen molar-refractivity contribution in [2.75, 3.05) is 19.0 Å². The molecule has 0 saturated carbocycles. The third-order valence-electron chi connectivity index (χ3n) is 5.31. The second kappa shape index (κ2) is 8.39. The Bertz CT molecular complexity index is 1330. The van der Waals surface area contributed by atoms with Gasteiger partial charge >= 0.3 is 0 Å². The molecule has 4 aromatic rings. The van der Waals surface area contributed by atoms with E-state index in [1.807, 2.05) is 51.1 Å². The molecule has 0 bridgehead atoms. The number of rotatable bonds is 6. The van der Waals surface area contributed by atoms with Gasteiger partial charge in [-0.2, -0.15) is 9.78 Å². The lowest BCUT2D eigenvalue weighted by Crippen LogP contribution is -2.35. The van der Waals surface area contributed by atoms with Crippen molar-refractivity contribution in [1.29, 1.82) is 0 Å². The fourth-order valence-electron chi connectivity index (χ4n) is 3.53. The fourth-order valence-corrected chi connectivity index (χ4v) is 3.53. The van der Waals surface area contributed by atoms with Gasteiger partial charge in [-0.1, -0.05) is 18.2 Å². The highest BCUT2D eigenvalue weighted by Gasteiger charge is 2.16. The van der Waals surface area contributed by atoms with Crippen molar-refractivity contribution in [3.05, 3.63) is 70.9 Å². The Balaban J connectivity index is 1.70. The number of nitrogens with zero attached hydrogens (tertiary/aromatic N) is 4. The summed E-state index contributed by atoms with van der Waals surface area (Å²) >= 11 is 0. The number of anilines is 1. The minimum absolute atomic E-state index is 0.0439. The molecule has 2 heterocycles. The first kappa shape index (κ1) is 21.5. The second-order valence-electron chi connectivity index (χ2n) is 8.24. The molecule has 32 heavy (non-hydrogen) atoms. The maximum Gasteiger partial charge on any atom is 0.282 e. The van der Waals surface area contributed by atoms with E-state index in [0.29, 0.717) is 11.1 Å². The number of nitrogens with one attached hydrogen (secondary N) is 1. The van der Waals surface area contributed by atoms with E-state index in [-0.39, 0.29) is 18.1 Å². The molecule has 8 heteroatoms. The zero-order valence-corrected chi connectivity index (χ0v) is 18.5. The number of benzene rings is 2. The van der Waals surface area contributed by atoms with Crippen molar-refractivity contribution < 1.29 is 9.84 Å². The molecule has 2 aromatic carbocycles. The molecular weight excluding hydrogens is 406 g/mol. The Labute approximate surface area is 185 Å². The molecule has 8 nitrogen and oxygen atoms in total. The first-order valence-corrected chi connectivity index (χ1v) is 10.2. The minimum atomic E-state index is -0.512. The van der Waals surface area contributed by atoms with Crippen LogP contribution in [-0.4, -0.2) is 44.1 Å². The Morgan fingerprint density at radius 3 is 2.56 bits per heavy atom. The quantitative estimate of drug-likeness (QED) is 0.483. The molecule has 4 rings (SSSR count). The summed E-state index contributed by atoms with van der Waals surface area (Å²) in [4.78, 5) is 21.6. The molecule has 0 spiro atoms. The van der Waals surface area contributed by atoms with Crippen LogP contribution in [0.25, 0.3) is 27.8 Å². The largest absolute Gasteiger partial charge is 0.496 e. The maximum atomic E-state index is 13.1. The Hall–Kier alpha value is -3.78. The van der Waals surface area contributed by atoms with Crippen LogP contribution in [-0.2, 0) is 0 Å². The molecule has 0 aliphatic rings. The van der Waals surface area contributed by atoms with Crippen molar-refractivity contribution in [1.82, 2.24) is 19.7 Å². The summed E-state index contributed by atoms with van der Waals surface area (Å²) < 4.78 is 6.60. The lowest BCUT2D eigenvalue weighted by Gasteiger charge is -2.24. The molecule has 0 radical (unpaired) electrons. The SMILES string of the molecule is COc1cccc(-c2ccc3c(=O)n(-c4ncc(NC(C)(C)CO)cn4)ncc3c2)c1C. The highest BCUT2D eigenvalue weighted by Crippen LogP contribution is 2.31. The van der Waals surface area contributed by atoms with E-state index in [0.717, 1.165) is 27.8 Å². The Morgan fingerprint density at radius 1 is 1.12 bits per heavy atom. The third kappa shape index (κ3) is 4.04. The smallest absolute Gasteiger partial charge is 0.282 e. The van der Waals surface area contributed by atoms with Gasteiger partial charge in [0.1, 0.15) is 5.75 Å². The van der Waals surface area contributed by atoms with E-state index in [4.69, 9.17) is 4.74 Å². The van der Waals surface area contributed by atoms with Gasteiger partial charge in [-0.25, -0.2) is 9.97 Å². The van der Waals surface area contributed by atoms with Gasteiger partial charge in [0.05, 0.1) is 48.9 Å². The van der Waals surface area contributed by atoms with Gasteiger partial charge in [0.15, 0.2) is 0 Å². The number of methoxy groups -OCH3 is 1. The summed E-state index contributed by atoms with van der Waals surface area (Å²) in [6.07, 6.45) is 4.76. The van der Waals surface area contributed by atoms with Crippen LogP contribution in [0.15, 0.2) is 59.8 Å². The Morgan fingerprint density at radius 2 is 1.88 bits per heavy atom. The number of hydrogen-bond acceptors (Lipinski definition) is 7. The van der Waals surface area contributed by atoms with Gasteiger partial charge < -0.3 is 15.2 Å². The number of aliphatic hydroxyl groups is 1. The molecule has 0 atom stereocenters. The number of ether oxygens (including phenoxy) is 1. The summed E-state index contributed by atoms with van der Waals surface area (Å²) in [6, 6.07) is 11.5. The van der Waals surface area contributed by atoms with Crippen molar-refractivity contribution >= 4 is 16.5 Å². The maximum absolute atomic E-state index is 13.1. The minimum Gasteiger partial charge on any atom is -0.496 e. The molecular formula is C24H25N5O3. The molecule has 0 saturated heterocycles. The lowest BCUT2D eigenvalue weighted by molar-refractivity contribution is 0.234. The predicted molar refractivity (Wildman–Crippen MR) is 124 cm³/mol. The third-order valence-corrected chi connectivity index (χ3v) is 5.31. The molecule has 0 unspecified atom stereocenters. The van der Waals surface area contributed by atoms with Crippen LogP contribution < -0.4 is 15.6 Å². The zero-order valence-electron chi connectivity index (χ0n) is 18.5. The summed E-state index contributed by atoms with van der Waals surface area (Å²) in [7, 11) is 1.65. The van der Waals surface area contributed by atoms with E-state index < -0.39 is 5.54 Å². The second-order valence-corrected chi connectivity index (χ2v) is 8.24. The first-order chi connectivity index (χ1) is 15.3. The monoisotopic (exact) mass is 431 g/mol. The van der Waals surface area contributed by atoms with E-state index in [2.05, 4.69) is 20.4 Å². The number of fused-ring (bicyclic) bond motifs is 1. The van der Waals surface area contributed by atoms with Gasteiger partial charge in [-0.15, -0.1) is 0 Å². The average Bonchev–Trinajstić information content (AvgIpc) is 2.80. The van der Waals surface area contributed by atoms with Crippen molar-refractivity contribution in [3.8, 4) is 22.8 Å². The van der Waals surface area contributed by atoms with Crippen LogP contribution >= 0.6 is 0 Å². The van der Waals surface area contributed by atoms with E-state index in [9.17, 15) is 9.90 Å². The van der Waals surface area contributed by atoms with Gasteiger partial charge in [-0.05, 0) is 55.7 Å². The number of aromatic nitrogens is 4. The van der Waals surface area contributed by atoms with Gasteiger partial charge in [-0.3, -0.25) is 4.79 Å². The summed E-state index contributed by atoms with van der Waals surface area (Å²) in [5.41, 5.74) is 2.87. The first-order valence-electron chi connectivity index (χ1n) is 10.2. The van der Waals surface area contributed by atoms with E-state index >= 15 is 0 Å². The van der Waals surface area contributed by atoms with Crippen molar-refractivity contribution in [2.45, 2.75) is 26.3 Å². The van der Waals surface area contributed by atoms with Crippen LogP contribution in [0.2, 0.25) is 0 Å². The van der Waals surface area contributed by atoms with Gasteiger partial charge in [0, 0.05) is 5.39 Å². The molecule has 0 aliphatic carbocycles. The highest BCUT2D eigenvalue weighted by molar-refractivity contribution is 5.87.